The SMILES string of the molecule is CCCCCCCCCCCCCCCCCCC(CC(O)CO)(C(=O)O)C(O)(CC(=O)O)C(=O)O. The Hall–Kier alpha value is -1.71. The molecule has 212 valence electrons. The predicted molar refractivity (Wildman–Crippen MR) is 137 cm³/mol. The van der Waals surface area contributed by atoms with Crippen LogP contribution in [0.3, 0.4) is 0 Å². The number of carbonyl (C=O) groups is 3. The Balaban J connectivity index is 4.49. The van der Waals surface area contributed by atoms with E-state index in [4.69, 9.17) is 5.11 Å². The highest BCUT2D eigenvalue weighted by molar-refractivity contribution is 5.92. The molecule has 0 saturated carbocycles. The lowest BCUT2D eigenvalue weighted by Gasteiger charge is -2.41. The molecule has 9 heteroatoms. The molecule has 0 heterocycles. The average Bonchev–Trinajstić information content (AvgIpc) is 2.81. The van der Waals surface area contributed by atoms with Gasteiger partial charge in [-0.05, 0) is 12.8 Å². The number of rotatable bonds is 25. The minimum Gasteiger partial charge on any atom is -0.481 e. The van der Waals surface area contributed by atoms with Crippen molar-refractivity contribution in [2.45, 2.75) is 141 Å². The molecule has 0 radical (unpaired) electrons. The molecule has 3 atom stereocenters. The molecule has 9 nitrogen and oxygen atoms in total. The number of unbranched alkanes of at least 4 members (excludes halogenated alkanes) is 15. The van der Waals surface area contributed by atoms with Crippen molar-refractivity contribution < 1.29 is 45.0 Å². The smallest absolute Gasteiger partial charge is 0.337 e. The van der Waals surface area contributed by atoms with E-state index >= 15 is 0 Å². The zero-order chi connectivity index (χ0) is 27.5. The summed E-state index contributed by atoms with van der Waals surface area (Å²) in [4.78, 5) is 35.3. The third-order valence-corrected chi connectivity index (χ3v) is 7.21. The minimum atomic E-state index is -3.13. The molecule has 0 fully saturated rings. The Morgan fingerprint density at radius 3 is 1.36 bits per heavy atom. The zero-order valence-corrected chi connectivity index (χ0v) is 22.1. The van der Waals surface area contributed by atoms with Gasteiger partial charge in [-0.2, -0.15) is 0 Å². The maximum Gasteiger partial charge on any atom is 0.337 e. The molecule has 0 amide bonds. The lowest BCUT2D eigenvalue weighted by Crippen LogP contribution is -2.60. The number of aliphatic hydroxyl groups is 3. The van der Waals surface area contributed by atoms with Crippen molar-refractivity contribution in [2.24, 2.45) is 5.41 Å². The van der Waals surface area contributed by atoms with Gasteiger partial charge < -0.3 is 30.6 Å². The molecule has 0 aliphatic carbocycles. The van der Waals surface area contributed by atoms with Crippen LogP contribution in [0.15, 0.2) is 0 Å². The first-order valence-electron chi connectivity index (χ1n) is 13.8. The highest BCUT2D eigenvalue weighted by Crippen LogP contribution is 2.44. The molecule has 3 unspecified atom stereocenters. The van der Waals surface area contributed by atoms with Crippen molar-refractivity contribution in [3.05, 3.63) is 0 Å². The Morgan fingerprint density at radius 2 is 1.06 bits per heavy atom. The van der Waals surface area contributed by atoms with E-state index in [0.29, 0.717) is 6.42 Å². The van der Waals surface area contributed by atoms with Gasteiger partial charge in [-0.3, -0.25) is 9.59 Å². The fourth-order valence-electron chi connectivity index (χ4n) is 4.96. The summed E-state index contributed by atoms with van der Waals surface area (Å²) in [5.74, 6) is -5.35. The molecular formula is C27H50O9. The van der Waals surface area contributed by atoms with Crippen molar-refractivity contribution in [1.82, 2.24) is 0 Å². The van der Waals surface area contributed by atoms with Gasteiger partial charge in [0.25, 0.3) is 0 Å². The molecule has 36 heavy (non-hydrogen) atoms. The highest BCUT2D eigenvalue weighted by Gasteiger charge is 2.62. The van der Waals surface area contributed by atoms with E-state index in [9.17, 15) is 39.9 Å². The van der Waals surface area contributed by atoms with Gasteiger partial charge in [0, 0.05) is 0 Å². The minimum absolute atomic E-state index is 0.248. The number of carboxylic acid groups (broad SMARTS) is 3. The summed E-state index contributed by atoms with van der Waals surface area (Å²) < 4.78 is 0. The van der Waals surface area contributed by atoms with Crippen molar-refractivity contribution in [2.75, 3.05) is 6.61 Å². The van der Waals surface area contributed by atoms with E-state index in [2.05, 4.69) is 6.92 Å². The van der Waals surface area contributed by atoms with Crippen LogP contribution in [0.1, 0.15) is 129 Å². The Labute approximate surface area is 215 Å². The van der Waals surface area contributed by atoms with Crippen molar-refractivity contribution in [3.8, 4) is 0 Å². The molecule has 6 N–H and O–H groups in total. The fourth-order valence-corrected chi connectivity index (χ4v) is 4.96. The van der Waals surface area contributed by atoms with Crippen molar-refractivity contribution in [3.63, 3.8) is 0 Å². The van der Waals surface area contributed by atoms with Gasteiger partial charge in [-0.1, -0.05) is 110 Å². The zero-order valence-electron chi connectivity index (χ0n) is 22.1. The summed E-state index contributed by atoms with van der Waals surface area (Å²) in [6, 6.07) is 0. The summed E-state index contributed by atoms with van der Waals surface area (Å²) in [6.45, 7) is 1.39. The molecule has 0 bridgehead atoms. The van der Waals surface area contributed by atoms with Crippen LogP contribution in [0.5, 0.6) is 0 Å². The summed E-state index contributed by atoms with van der Waals surface area (Å²) in [5.41, 5.74) is -5.58. The molecule has 0 saturated heterocycles. The Morgan fingerprint density at radius 1 is 0.667 bits per heavy atom. The van der Waals surface area contributed by atoms with Crippen LogP contribution in [-0.4, -0.2) is 66.9 Å². The molecule has 0 aromatic heterocycles. The van der Waals surface area contributed by atoms with Crippen LogP contribution in [-0.2, 0) is 14.4 Å². The number of carboxylic acids is 3. The average molecular weight is 519 g/mol. The fraction of sp³-hybridized carbons (Fsp3) is 0.889. The van der Waals surface area contributed by atoms with Gasteiger partial charge in [0.15, 0.2) is 5.60 Å². The Bertz CT molecular complexity index is 624. The maximum absolute atomic E-state index is 12.2. The summed E-state index contributed by atoms with van der Waals surface area (Å²) in [5, 5.41) is 58.4. The number of aliphatic hydroxyl groups excluding tert-OH is 2. The molecule has 0 aromatic rings. The van der Waals surface area contributed by atoms with Crippen molar-refractivity contribution >= 4 is 17.9 Å². The number of aliphatic carboxylic acids is 3. The van der Waals surface area contributed by atoms with E-state index in [0.717, 1.165) is 25.7 Å². The van der Waals surface area contributed by atoms with E-state index < -0.39 is 54.5 Å². The van der Waals surface area contributed by atoms with E-state index in [-0.39, 0.29) is 12.8 Å². The van der Waals surface area contributed by atoms with E-state index in [1.54, 1.807) is 0 Å². The quantitative estimate of drug-likeness (QED) is 0.0933. The summed E-state index contributed by atoms with van der Waals surface area (Å²) in [7, 11) is 0. The first-order chi connectivity index (χ1) is 17.1. The third kappa shape index (κ3) is 12.5. The van der Waals surface area contributed by atoms with Gasteiger partial charge in [-0.25, -0.2) is 4.79 Å². The van der Waals surface area contributed by atoms with Gasteiger partial charge in [-0.15, -0.1) is 0 Å². The van der Waals surface area contributed by atoms with Crippen LogP contribution < -0.4 is 0 Å². The van der Waals surface area contributed by atoms with Gasteiger partial charge in [0.1, 0.15) is 5.41 Å². The highest BCUT2D eigenvalue weighted by atomic mass is 16.4. The third-order valence-electron chi connectivity index (χ3n) is 7.21. The van der Waals surface area contributed by atoms with Crippen LogP contribution in [0.25, 0.3) is 0 Å². The van der Waals surface area contributed by atoms with E-state index in [1.807, 2.05) is 0 Å². The van der Waals surface area contributed by atoms with Crippen LogP contribution >= 0.6 is 0 Å². The normalized spacial score (nSPS) is 15.7. The summed E-state index contributed by atoms with van der Waals surface area (Å²) >= 11 is 0. The van der Waals surface area contributed by atoms with Gasteiger partial charge >= 0.3 is 17.9 Å². The number of hydrogen-bond acceptors (Lipinski definition) is 6. The molecular weight excluding hydrogens is 468 g/mol. The Kier molecular flexibility index (Phi) is 18.5. The molecule has 0 spiro atoms. The largest absolute Gasteiger partial charge is 0.481 e. The second-order valence-electron chi connectivity index (χ2n) is 10.2. The molecule has 0 aromatic carbocycles. The first kappa shape index (κ1) is 34.3. The van der Waals surface area contributed by atoms with Crippen molar-refractivity contribution in [1.29, 1.82) is 0 Å². The molecule has 0 aliphatic heterocycles. The maximum atomic E-state index is 12.2. The second-order valence-corrected chi connectivity index (χ2v) is 10.2. The monoisotopic (exact) mass is 518 g/mol. The van der Waals surface area contributed by atoms with Crippen LogP contribution in [0, 0.1) is 5.41 Å². The van der Waals surface area contributed by atoms with E-state index in [1.165, 1.54) is 64.2 Å². The van der Waals surface area contributed by atoms with Gasteiger partial charge in [0.2, 0.25) is 0 Å². The summed E-state index contributed by atoms with van der Waals surface area (Å²) in [6.07, 6.45) is 13.7. The standard InChI is InChI=1S/C27H50O9/c1-2-3-4-5-6-7-8-9-10-11-12-13-14-15-16-17-18-26(24(32)33,19-22(29)21-28)27(36,25(34)35)20-23(30)31/h22,28-29,36H,2-21H2,1H3,(H,30,31)(H,32,33)(H,34,35). The number of hydrogen-bond donors (Lipinski definition) is 6. The van der Waals surface area contributed by atoms with Crippen LogP contribution in [0.2, 0.25) is 0 Å². The molecule has 0 aliphatic rings. The predicted octanol–water partition coefficient (Wildman–Crippen LogP) is 4.74. The lowest BCUT2D eigenvalue weighted by molar-refractivity contribution is -0.199. The first-order valence-corrected chi connectivity index (χ1v) is 13.8. The lowest BCUT2D eigenvalue weighted by atomic mass is 9.63. The van der Waals surface area contributed by atoms with Gasteiger partial charge in [0.05, 0.1) is 19.1 Å². The topological polar surface area (TPSA) is 173 Å². The molecule has 0 rings (SSSR count). The second kappa shape index (κ2) is 19.4. The van der Waals surface area contributed by atoms with Crippen LogP contribution in [0.4, 0.5) is 0 Å².